The van der Waals surface area contributed by atoms with E-state index in [4.69, 9.17) is 4.74 Å². The van der Waals surface area contributed by atoms with Crippen molar-refractivity contribution in [2.45, 2.75) is 45.4 Å². The molecule has 172 valence electrons. The predicted molar refractivity (Wildman–Crippen MR) is 148 cm³/mol. The molecular weight excluding hydrogens is 411 g/mol. The third kappa shape index (κ3) is 6.41. The summed E-state index contributed by atoms with van der Waals surface area (Å²) in [6, 6.07) is 39.0. The molecule has 4 aromatic carbocycles. The Morgan fingerprint density at radius 2 is 1.21 bits per heavy atom. The molecule has 0 aliphatic heterocycles. The lowest BCUT2D eigenvalue weighted by atomic mass is 9.36. The van der Waals surface area contributed by atoms with Crippen molar-refractivity contribution in [3.63, 3.8) is 0 Å². The molecule has 0 saturated heterocycles. The highest BCUT2D eigenvalue weighted by Gasteiger charge is 2.24. The van der Waals surface area contributed by atoms with Crippen LogP contribution in [0.1, 0.15) is 45.4 Å². The van der Waals surface area contributed by atoms with E-state index in [9.17, 15) is 0 Å². The van der Waals surface area contributed by atoms with Crippen molar-refractivity contribution in [3.05, 3.63) is 109 Å². The molecule has 2 heteroatoms. The van der Waals surface area contributed by atoms with Gasteiger partial charge in [-0.2, -0.15) is 0 Å². The molecule has 0 aromatic heterocycles. The van der Waals surface area contributed by atoms with Crippen LogP contribution < -0.4 is 21.1 Å². The Labute approximate surface area is 205 Å². The summed E-state index contributed by atoms with van der Waals surface area (Å²) in [6.45, 7) is 3.22. The molecule has 0 aliphatic rings. The molecule has 4 aromatic rings. The van der Waals surface area contributed by atoms with Crippen LogP contribution in [0.3, 0.4) is 0 Å². The minimum atomic E-state index is 0.172. The minimum Gasteiger partial charge on any atom is -0.494 e. The maximum Gasteiger partial charge on any atom is 0.241 e. The fourth-order valence-electron chi connectivity index (χ4n) is 4.68. The summed E-state index contributed by atoms with van der Waals surface area (Å²) in [5, 5.41) is 0. The van der Waals surface area contributed by atoms with Gasteiger partial charge in [0.15, 0.2) is 0 Å². The lowest BCUT2D eigenvalue weighted by Gasteiger charge is -2.19. The average molecular weight is 446 g/mol. The second kappa shape index (κ2) is 12.8. The number of rotatable bonds is 12. The minimum absolute atomic E-state index is 0.172. The van der Waals surface area contributed by atoms with Crippen molar-refractivity contribution in [3.8, 4) is 16.9 Å². The zero-order chi connectivity index (χ0) is 23.4. The summed E-state index contributed by atoms with van der Waals surface area (Å²) in [7, 11) is 0. The van der Waals surface area contributed by atoms with Crippen LogP contribution >= 0.6 is 0 Å². The molecule has 0 heterocycles. The van der Waals surface area contributed by atoms with Crippen LogP contribution in [0, 0.1) is 0 Å². The van der Waals surface area contributed by atoms with E-state index in [-0.39, 0.29) is 6.71 Å². The highest BCUT2D eigenvalue weighted by molar-refractivity contribution is 6.96. The van der Waals surface area contributed by atoms with E-state index in [1.165, 1.54) is 59.6 Å². The fourth-order valence-corrected chi connectivity index (χ4v) is 4.68. The van der Waals surface area contributed by atoms with Crippen LogP contribution in [0.25, 0.3) is 11.1 Å². The molecule has 0 saturated carbocycles. The summed E-state index contributed by atoms with van der Waals surface area (Å²) < 4.78 is 6.14. The zero-order valence-corrected chi connectivity index (χ0v) is 20.3. The maximum absolute atomic E-state index is 6.14. The van der Waals surface area contributed by atoms with Crippen molar-refractivity contribution < 1.29 is 4.74 Å². The average Bonchev–Trinajstić information content (AvgIpc) is 2.90. The highest BCUT2D eigenvalue weighted by atomic mass is 16.5. The number of unbranched alkanes of at least 4 members (excludes halogenated alkanes) is 5. The van der Waals surface area contributed by atoms with Crippen LogP contribution in [-0.2, 0) is 0 Å². The first-order valence-electron chi connectivity index (χ1n) is 12.8. The van der Waals surface area contributed by atoms with Gasteiger partial charge in [-0.05, 0) is 29.7 Å². The van der Waals surface area contributed by atoms with E-state index in [0.29, 0.717) is 0 Å². The quantitative estimate of drug-likeness (QED) is 0.176. The summed E-state index contributed by atoms with van der Waals surface area (Å²) in [5.41, 5.74) is 6.37. The molecule has 4 rings (SSSR count). The molecule has 0 unspecified atom stereocenters. The Morgan fingerprint density at radius 1 is 0.588 bits per heavy atom. The zero-order valence-electron chi connectivity index (χ0n) is 20.3. The van der Waals surface area contributed by atoms with Crippen molar-refractivity contribution in [2.75, 3.05) is 6.61 Å². The monoisotopic (exact) mass is 446 g/mol. The van der Waals surface area contributed by atoms with Crippen LogP contribution in [0.4, 0.5) is 0 Å². The van der Waals surface area contributed by atoms with Crippen LogP contribution in [0.5, 0.6) is 5.75 Å². The number of ether oxygens (including phenoxy) is 1. The van der Waals surface area contributed by atoms with E-state index < -0.39 is 0 Å². The number of hydrogen-bond acceptors (Lipinski definition) is 1. The van der Waals surface area contributed by atoms with E-state index in [2.05, 4.69) is 116 Å². The highest BCUT2D eigenvalue weighted by Crippen LogP contribution is 2.23. The van der Waals surface area contributed by atoms with Gasteiger partial charge in [-0.1, -0.05) is 152 Å². The molecule has 1 nitrogen and oxygen atoms in total. The first-order chi connectivity index (χ1) is 16.9. The first-order valence-corrected chi connectivity index (χ1v) is 12.8. The van der Waals surface area contributed by atoms with E-state index in [0.717, 1.165) is 18.8 Å². The first kappa shape index (κ1) is 23.9. The van der Waals surface area contributed by atoms with Gasteiger partial charge in [-0.25, -0.2) is 0 Å². The Hall–Kier alpha value is -3.26. The largest absolute Gasteiger partial charge is 0.494 e. The summed E-state index contributed by atoms with van der Waals surface area (Å²) in [6.07, 6.45) is 7.65. The molecule has 0 fully saturated rings. The lowest BCUT2D eigenvalue weighted by Crippen LogP contribution is -2.52. The van der Waals surface area contributed by atoms with Gasteiger partial charge < -0.3 is 4.74 Å². The van der Waals surface area contributed by atoms with Crippen LogP contribution in [0.15, 0.2) is 109 Å². The van der Waals surface area contributed by atoms with E-state index in [1.807, 2.05) is 0 Å². The summed E-state index contributed by atoms with van der Waals surface area (Å²) >= 11 is 0. The second-order valence-electron chi connectivity index (χ2n) is 8.99. The number of benzene rings is 4. The molecule has 0 atom stereocenters. The molecule has 34 heavy (non-hydrogen) atoms. The van der Waals surface area contributed by atoms with Gasteiger partial charge in [0.25, 0.3) is 0 Å². The van der Waals surface area contributed by atoms with Crippen LogP contribution in [-0.4, -0.2) is 13.3 Å². The lowest BCUT2D eigenvalue weighted by molar-refractivity contribution is 0.304. The molecule has 0 radical (unpaired) electrons. The van der Waals surface area contributed by atoms with Gasteiger partial charge in [0, 0.05) is 0 Å². The fraction of sp³-hybridized carbons (Fsp3) is 0.250. The Kier molecular flexibility index (Phi) is 9.02. The normalized spacial score (nSPS) is 10.7. The van der Waals surface area contributed by atoms with Gasteiger partial charge >= 0.3 is 0 Å². The van der Waals surface area contributed by atoms with Gasteiger partial charge in [0.2, 0.25) is 6.71 Å². The standard InChI is InChI=1S/C32H35BO/c1-2-3-4-5-6-15-25-34-30-22-16-17-27(26-30)31-23-13-14-24-32(31)33(28-18-9-7-10-19-28)29-20-11-8-12-21-29/h7-14,16-24,26H,2-6,15,25H2,1H3. The van der Waals surface area contributed by atoms with E-state index in [1.54, 1.807) is 0 Å². The smallest absolute Gasteiger partial charge is 0.241 e. The Morgan fingerprint density at radius 3 is 1.91 bits per heavy atom. The third-order valence-electron chi connectivity index (χ3n) is 6.45. The molecule has 0 bridgehead atoms. The molecule has 0 amide bonds. The van der Waals surface area contributed by atoms with Crippen LogP contribution in [0.2, 0.25) is 0 Å². The Bertz CT molecular complexity index is 1080. The molecule has 0 aliphatic carbocycles. The van der Waals surface area contributed by atoms with Crippen molar-refractivity contribution in [1.82, 2.24) is 0 Å². The molecule has 0 N–H and O–H groups in total. The predicted octanol–water partition coefficient (Wildman–Crippen LogP) is 6.61. The molecular formula is C32H35BO. The van der Waals surface area contributed by atoms with Gasteiger partial charge in [0.1, 0.15) is 5.75 Å². The van der Waals surface area contributed by atoms with Crippen molar-refractivity contribution >= 4 is 23.1 Å². The van der Waals surface area contributed by atoms with Gasteiger partial charge in [-0.3, -0.25) is 0 Å². The van der Waals surface area contributed by atoms with Crippen molar-refractivity contribution in [1.29, 1.82) is 0 Å². The SMILES string of the molecule is CCCCCCCCOc1cccc(-c2ccccc2B(c2ccccc2)c2ccccc2)c1. The topological polar surface area (TPSA) is 9.23 Å². The van der Waals surface area contributed by atoms with Gasteiger partial charge in [-0.15, -0.1) is 0 Å². The second-order valence-corrected chi connectivity index (χ2v) is 8.99. The van der Waals surface area contributed by atoms with E-state index >= 15 is 0 Å². The summed E-state index contributed by atoms with van der Waals surface area (Å²) in [4.78, 5) is 0. The number of hydrogen-bond donors (Lipinski definition) is 0. The molecule has 0 spiro atoms. The van der Waals surface area contributed by atoms with Crippen molar-refractivity contribution in [2.24, 2.45) is 0 Å². The third-order valence-corrected chi connectivity index (χ3v) is 6.45. The Balaban J connectivity index is 1.58. The van der Waals surface area contributed by atoms with Gasteiger partial charge in [0.05, 0.1) is 6.61 Å². The summed E-state index contributed by atoms with van der Waals surface area (Å²) in [5.74, 6) is 0.955. The maximum atomic E-state index is 6.14.